The van der Waals surface area contributed by atoms with Crippen molar-refractivity contribution in [2.75, 3.05) is 29.4 Å². The Kier molecular flexibility index (Phi) is 5.80. The molecule has 0 saturated heterocycles. The topological polar surface area (TPSA) is 35.6 Å². The maximum absolute atomic E-state index is 14.0. The molecule has 4 nitrogen and oxygen atoms in total. The summed E-state index contributed by atoms with van der Waals surface area (Å²) in [5.74, 6) is -0.252. The molecule has 1 atom stereocenters. The number of carbonyl (C=O) groups excluding carboxylic acids is 1. The van der Waals surface area contributed by atoms with Crippen LogP contribution in [0.15, 0.2) is 78.9 Å². The predicted octanol–water partition coefficient (Wildman–Crippen LogP) is 4.71. The van der Waals surface area contributed by atoms with Crippen LogP contribution in [0.25, 0.3) is 0 Å². The lowest BCUT2D eigenvalue weighted by atomic mass is 9.99. The number of halogens is 1. The van der Waals surface area contributed by atoms with Crippen molar-refractivity contribution in [3.63, 3.8) is 0 Å². The second-order valence-corrected chi connectivity index (χ2v) is 8.70. The van der Waals surface area contributed by atoms with Gasteiger partial charge in [-0.3, -0.25) is 4.79 Å². The van der Waals surface area contributed by atoms with Gasteiger partial charge in [0.25, 0.3) is 0 Å². The van der Waals surface area contributed by atoms with Crippen molar-refractivity contribution in [2.24, 2.45) is 0 Å². The lowest BCUT2D eigenvalue weighted by Gasteiger charge is -2.39. The van der Waals surface area contributed by atoms with Crippen molar-refractivity contribution in [2.45, 2.75) is 31.3 Å². The van der Waals surface area contributed by atoms with Crippen molar-refractivity contribution >= 4 is 17.3 Å². The van der Waals surface area contributed by atoms with Crippen LogP contribution in [0.3, 0.4) is 0 Å². The molecular weight excluding hydrogens is 401 g/mol. The summed E-state index contributed by atoms with van der Waals surface area (Å²) in [6, 6.07) is 25.6. The minimum atomic E-state index is -0.229. The summed E-state index contributed by atoms with van der Waals surface area (Å²) in [5, 5.41) is 3.25. The Bertz CT molecular complexity index is 1070. The Morgan fingerprint density at radius 3 is 2.38 bits per heavy atom. The van der Waals surface area contributed by atoms with E-state index >= 15 is 0 Å². The van der Waals surface area contributed by atoms with E-state index < -0.39 is 0 Å². The molecule has 1 unspecified atom stereocenters. The number of amides is 1. The quantitative estimate of drug-likeness (QED) is 0.591. The molecule has 5 heteroatoms. The molecule has 164 valence electrons. The number of fused-ring (bicyclic) bond motifs is 1. The molecule has 1 heterocycles. The van der Waals surface area contributed by atoms with E-state index in [1.54, 1.807) is 6.07 Å². The molecule has 1 aliphatic heterocycles. The summed E-state index contributed by atoms with van der Waals surface area (Å²) in [7, 11) is 0. The van der Waals surface area contributed by atoms with Crippen LogP contribution >= 0.6 is 0 Å². The van der Waals surface area contributed by atoms with Gasteiger partial charge in [-0.25, -0.2) is 4.39 Å². The molecule has 3 aromatic carbocycles. The lowest BCUT2D eigenvalue weighted by molar-refractivity contribution is -0.120. The van der Waals surface area contributed by atoms with Crippen molar-refractivity contribution in [1.29, 1.82) is 0 Å². The molecule has 1 aliphatic carbocycles. The summed E-state index contributed by atoms with van der Waals surface area (Å²) in [4.78, 5) is 17.5. The monoisotopic (exact) mass is 429 g/mol. The van der Waals surface area contributed by atoms with Crippen LogP contribution in [0.1, 0.15) is 30.0 Å². The van der Waals surface area contributed by atoms with E-state index in [1.165, 1.54) is 11.6 Å². The number of carbonyl (C=O) groups is 1. The van der Waals surface area contributed by atoms with E-state index in [0.29, 0.717) is 6.04 Å². The van der Waals surface area contributed by atoms with E-state index in [1.807, 2.05) is 42.5 Å². The molecule has 0 spiro atoms. The first-order chi connectivity index (χ1) is 15.7. The van der Waals surface area contributed by atoms with Crippen molar-refractivity contribution in [1.82, 2.24) is 5.32 Å². The highest BCUT2D eigenvalue weighted by Gasteiger charge is 2.34. The van der Waals surface area contributed by atoms with Gasteiger partial charge in [-0.2, -0.15) is 0 Å². The van der Waals surface area contributed by atoms with Crippen LogP contribution in [-0.2, 0) is 11.2 Å². The molecule has 1 saturated carbocycles. The summed E-state index contributed by atoms with van der Waals surface area (Å²) >= 11 is 0. The molecule has 1 fully saturated rings. The van der Waals surface area contributed by atoms with Gasteiger partial charge < -0.3 is 15.1 Å². The van der Waals surface area contributed by atoms with Gasteiger partial charge in [0.15, 0.2) is 0 Å². The molecule has 1 amide bonds. The van der Waals surface area contributed by atoms with E-state index in [9.17, 15) is 9.18 Å². The first-order valence-electron chi connectivity index (χ1n) is 11.4. The van der Waals surface area contributed by atoms with Gasteiger partial charge in [-0.05, 0) is 48.6 Å². The highest BCUT2D eigenvalue weighted by molar-refractivity contribution is 5.85. The molecule has 2 aliphatic rings. The number of hydrogen-bond donors (Lipinski definition) is 1. The molecule has 0 bridgehead atoms. The Hall–Kier alpha value is -3.34. The van der Waals surface area contributed by atoms with Gasteiger partial charge in [-0.15, -0.1) is 0 Å². The molecule has 32 heavy (non-hydrogen) atoms. The highest BCUT2D eigenvalue weighted by Crippen LogP contribution is 2.40. The predicted molar refractivity (Wildman–Crippen MR) is 126 cm³/mol. The Morgan fingerprint density at radius 2 is 1.66 bits per heavy atom. The third kappa shape index (κ3) is 4.62. The molecular formula is C27H28FN3O. The van der Waals surface area contributed by atoms with Crippen LogP contribution in [-0.4, -0.2) is 31.6 Å². The zero-order valence-electron chi connectivity index (χ0n) is 18.1. The first kappa shape index (κ1) is 20.6. The molecule has 1 N–H and O–H groups in total. The van der Waals surface area contributed by atoms with Gasteiger partial charge in [-0.1, -0.05) is 60.7 Å². The average molecular weight is 430 g/mol. The molecule has 5 rings (SSSR count). The largest absolute Gasteiger partial charge is 0.365 e. The Balaban J connectivity index is 1.32. The number of anilines is 2. The van der Waals surface area contributed by atoms with E-state index in [2.05, 4.69) is 39.4 Å². The van der Waals surface area contributed by atoms with Crippen LogP contribution in [0, 0.1) is 5.82 Å². The normalized spacial score (nSPS) is 16.4. The van der Waals surface area contributed by atoms with Crippen molar-refractivity contribution < 1.29 is 9.18 Å². The first-order valence-corrected chi connectivity index (χ1v) is 11.4. The van der Waals surface area contributed by atoms with Crippen LogP contribution in [0.4, 0.5) is 15.8 Å². The summed E-state index contributed by atoms with van der Waals surface area (Å²) in [5.41, 5.74) is 4.13. The number of nitrogens with one attached hydrogen (secondary N) is 1. The molecule has 0 aromatic heterocycles. The Labute approximate surface area is 188 Å². The molecule has 3 aromatic rings. The zero-order valence-corrected chi connectivity index (χ0v) is 18.1. The third-order valence-corrected chi connectivity index (χ3v) is 6.34. The number of benzene rings is 3. The smallest absolute Gasteiger partial charge is 0.240 e. The minimum Gasteiger partial charge on any atom is -0.365 e. The second-order valence-electron chi connectivity index (χ2n) is 8.70. The van der Waals surface area contributed by atoms with Crippen molar-refractivity contribution in [3.8, 4) is 0 Å². The SMILES string of the molecule is O=C(CN1CCN(C2CC2)c2cc(F)ccc21)NC(Cc1ccccc1)c1ccccc1. The van der Waals surface area contributed by atoms with E-state index in [4.69, 9.17) is 0 Å². The third-order valence-electron chi connectivity index (χ3n) is 6.34. The van der Waals surface area contributed by atoms with Gasteiger partial charge in [0.1, 0.15) is 5.82 Å². The maximum Gasteiger partial charge on any atom is 0.240 e. The Morgan fingerprint density at radius 1 is 0.938 bits per heavy atom. The standard InChI is InChI=1S/C27H28FN3O/c28-22-11-14-25-26(18-22)31(23-12-13-23)16-15-30(25)19-27(32)29-24(21-9-5-2-6-10-21)17-20-7-3-1-4-8-20/h1-11,14,18,23-24H,12-13,15-17,19H2,(H,29,32). The minimum absolute atomic E-state index is 0.0232. The van der Waals surface area contributed by atoms with E-state index in [0.717, 1.165) is 49.3 Å². The van der Waals surface area contributed by atoms with Crippen molar-refractivity contribution in [3.05, 3.63) is 95.8 Å². The second kappa shape index (κ2) is 9.03. The lowest BCUT2D eigenvalue weighted by Crippen LogP contribution is -2.47. The fourth-order valence-electron chi connectivity index (χ4n) is 4.59. The number of rotatable bonds is 7. The van der Waals surface area contributed by atoms with Crippen LogP contribution in [0.5, 0.6) is 0 Å². The van der Waals surface area contributed by atoms with Gasteiger partial charge in [0, 0.05) is 19.1 Å². The summed E-state index contributed by atoms with van der Waals surface area (Å²) in [6.07, 6.45) is 3.05. The van der Waals surface area contributed by atoms with Gasteiger partial charge in [0.2, 0.25) is 5.91 Å². The van der Waals surface area contributed by atoms with Gasteiger partial charge in [0.05, 0.1) is 24.0 Å². The molecule has 0 radical (unpaired) electrons. The number of hydrogen-bond acceptors (Lipinski definition) is 3. The fourth-order valence-corrected chi connectivity index (χ4v) is 4.59. The number of nitrogens with zero attached hydrogens (tertiary/aromatic N) is 2. The maximum atomic E-state index is 14.0. The van der Waals surface area contributed by atoms with Gasteiger partial charge >= 0.3 is 0 Å². The van der Waals surface area contributed by atoms with Crippen LogP contribution < -0.4 is 15.1 Å². The van der Waals surface area contributed by atoms with Crippen LogP contribution in [0.2, 0.25) is 0 Å². The highest BCUT2D eigenvalue weighted by atomic mass is 19.1. The zero-order chi connectivity index (χ0) is 21.9. The summed E-state index contributed by atoms with van der Waals surface area (Å²) < 4.78 is 14.0. The summed E-state index contributed by atoms with van der Waals surface area (Å²) in [6.45, 7) is 1.84. The average Bonchev–Trinajstić information content (AvgIpc) is 3.65. The van der Waals surface area contributed by atoms with E-state index in [-0.39, 0.29) is 24.3 Å². The fraction of sp³-hybridized carbons (Fsp3) is 0.296.